The lowest BCUT2D eigenvalue weighted by atomic mass is 10.1. The molecule has 0 amide bonds. The first-order valence-corrected chi connectivity index (χ1v) is 7.06. The van der Waals surface area contributed by atoms with Crippen molar-refractivity contribution in [2.75, 3.05) is 12.4 Å². The highest BCUT2D eigenvalue weighted by Crippen LogP contribution is 2.52. The fraction of sp³-hybridized carbons (Fsp3) is 0.538. The van der Waals surface area contributed by atoms with E-state index in [1.54, 1.807) is 18.0 Å². The van der Waals surface area contributed by atoms with E-state index in [1.807, 2.05) is 19.1 Å². The Labute approximate surface area is 111 Å². The van der Waals surface area contributed by atoms with E-state index in [1.165, 1.54) is 0 Å². The molecule has 1 aromatic heterocycles. The van der Waals surface area contributed by atoms with E-state index in [0.717, 1.165) is 29.4 Å². The first-order valence-electron chi connectivity index (χ1n) is 6.08. The minimum Gasteiger partial charge on any atom is -0.491 e. The van der Waals surface area contributed by atoms with Crippen LogP contribution in [-0.2, 0) is 4.79 Å². The number of aliphatic carboxylic acids is 1. The molecule has 0 unspecified atom stereocenters. The Kier molecular flexibility index (Phi) is 4.11. The number of pyridine rings is 1. The summed E-state index contributed by atoms with van der Waals surface area (Å²) < 4.78 is 5.50. The molecule has 1 aliphatic rings. The van der Waals surface area contributed by atoms with Crippen LogP contribution in [0.4, 0.5) is 0 Å². The number of carboxylic acid groups (broad SMARTS) is 1. The highest BCUT2D eigenvalue weighted by atomic mass is 32.2. The molecule has 1 heterocycles. The van der Waals surface area contributed by atoms with E-state index in [2.05, 4.69) is 4.98 Å². The minimum absolute atomic E-state index is 0.0164. The lowest BCUT2D eigenvalue weighted by molar-refractivity contribution is -0.138. The predicted molar refractivity (Wildman–Crippen MR) is 70.0 cm³/mol. The Hall–Kier alpha value is -1.23. The third kappa shape index (κ3) is 3.38. The first-order chi connectivity index (χ1) is 8.65. The summed E-state index contributed by atoms with van der Waals surface area (Å²) in [5.41, 5.74) is -0.0164. The van der Waals surface area contributed by atoms with Crippen LogP contribution in [0.15, 0.2) is 23.4 Å². The van der Waals surface area contributed by atoms with Crippen LogP contribution in [0, 0.1) is 5.41 Å². The highest BCUT2D eigenvalue weighted by Gasteiger charge is 2.44. The van der Waals surface area contributed by atoms with Crippen molar-refractivity contribution in [3.63, 3.8) is 0 Å². The van der Waals surface area contributed by atoms with Crippen LogP contribution >= 0.6 is 11.8 Å². The lowest BCUT2D eigenvalue weighted by Gasteiger charge is -2.13. The van der Waals surface area contributed by atoms with Gasteiger partial charge in [-0.05, 0) is 37.3 Å². The molecule has 1 saturated carbocycles. The standard InChI is InChI=1S/C13H17NO3S/c1-2-17-10-4-3-7-14-12(10)18-9-13(5-6-13)8-11(15)16/h3-4,7H,2,5-6,8-9H2,1H3,(H,15,16). The molecule has 18 heavy (non-hydrogen) atoms. The number of carboxylic acids is 1. The van der Waals surface area contributed by atoms with Crippen molar-refractivity contribution in [2.45, 2.75) is 31.2 Å². The first kappa shape index (κ1) is 13.2. The second-order valence-electron chi connectivity index (χ2n) is 4.60. The maximum Gasteiger partial charge on any atom is 0.303 e. The average Bonchev–Trinajstić information content (AvgIpc) is 3.08. The van der Waals surface area contributed by atoms with Gasteiger partial charge in [-0.25, -0.2) is 4.98 Å². The van der Waals surface area contributed by atoms with Gasteiger partial charge < -0.3 is 9.84 Å². The Balaban J connectivity index is 1.96. The van der Waals surface area contributed by atoms with E-state index in [4.69, 9.17) is 9.84 Å². The fourth-order valence-corrected chi connectivity index (χ4v) is 3.08. The van der Waals surface area contributed by atoms with Gasteiger partial charge in [-0.15, -0.1) is 11.8 Å². The zero-order chi connectivity index (χ0) is 13.0. The van der Waals surface area contributed by atoms with Gasteiger partial charge in [-0.1, -0.05) is 0 Å². The number of thioether (sulfide) groups is 1. The normalized spacial score (nSPS) is 16.3. The number of hydrogen-bond donors (Lipinski definition) is 1. The van der Waals surface area contributed by atoms with Crippen LogP contribution in [0.1, 0.15) is 26.2 Å². The van der Waals surface area contributed by atoms with Gasteiger partial charge in [0.15, 0.2) is 5.75 Å². The Morgan fingerprint density at radius 2 is 2.39 bits per heavy atom. The summed E-state index contributed by atoms with van der Waals surface area (Å²) in [5.74, 6) is 0.881. The quantitative estimate of drug-likeness (QED) is 0.770. The molecule has 4 nitrogen and oxygen atoms in total. The van der Waals surface area contributed by atoms with Crippen molar-refractivity contribution in [1.29, 1.82) is 0 Å². The minimum atomic E-state index is -0.709. The van der Waals surface area contributed by atoms with Crippen molar-refractivity contribution in [3.05, 3.63) is 18.3 Å². The molecule has 1 fully saturated rings. The van der Waals surface area contributed by atoms with E-state index < -0.39 is 5.97 Å². The number of hydrogen-bond acceptors (Lipinski definition) is 4. The van der Waals surface area contributed by atoms with Crippen LogP contribution in [0.3, 0.4) is 0 Å². The second kappa shape index (κ2) is 5.61. The number of ether oxygens (including phenoxy) is 1. The molecule has 0 saturated heterocycles. The molecular formula is C13H17NO3S. The van der Waals surface area contributed by atoms with E-state index in [-0.39, 0.29) is 11.8 Å². The molecule has 0 aliphatic heterocycles. The summed E-state index contributed by atoms with van der Waals surface area (Å²) >= 11 is 1.60. The van der Waals surface area contributed by atoms with Crippen molar-refractivity contribution >= 4 is 17.7 Å². The van der Waals surface area contributed by atoms with Gasteiger partial charge in [0.05, 0.1) is 13.0 Å². The molecule has 1 aromatic rings. The van der Waals surface area contributed by atoms with Gasteiger partial charge in [0, 0.05) is 11.9 Å². The van der Waals surface area contributed by atoms with Crippen LogP contribution in [0.25, 0.3) is 0 Å². The molecule has 1 N–H and O–H groups in total. The topological polar surface area (TPSA) is 59.4 Å². The summed E-state index contributed by atoms with van der Waals surface area (Å²) in [6.07, 6.45) is 4.00. The maximum atomic E-state index is 10.8. The van der Waals surface area contributed by atoms with Crippen molar-refractivity contribution in [2.24, 2.45) is 5.41 Å². The van der Waals surface area contributed by atoms with Crippen LogP contribution in [0.5, 0.6) is 5.75 Å². The highest BCUT2D eigenvalue weighted by molar-refractivity contribution is 7.99. The molecular weight excluding hydrogens is 250 g/mol. The molecule has 0 aromatic carbocycles. The second-order valence-corrected chi connectivity index (χ2v) is 5.56. The summed E-state index contributed by atoms with van der Waals surface area (Å²) in [5, 5.41) is 9.73. The fourth-order valence-electron chi connectivity index (χ4n) is 1.84. The Bertz CT molecular complexity index is 432. The van der Waals surface area contributed by atoms with Gasteiger partial charge in [0.1, 0.15) is 5.03 Å². The summed E-state index contributed by atoms with van der Waals surface area (Å²) in [7, 11) is 0. The molecule has 0 atom stereocenters. The Morgan fingerprint density at radius 3 is 3.00 bits per heavy atom. The lowest BCUT2D eigenvalue weighted by Crippen LogP contribution is -2.11. The van der Waals surface area contributed by atoms with Crippen LogP contribution in [-0.4, -0.2) is 28.4 Å². The van der Waals surface area contributed by atoms with Crippen molar-refractivity contribution in [3.8, 4) is 5.75 Å². The summed E-state index contributed by atoms with van der Waals surface area (Å²) in [6.45, 7) is 2.55. The zero-order valence-corrected chi connectivity index (χ0v) is 11.2. The number of nitrogens with zero attached hydrogens (tertiary/aromatic N) is 1. The van der Waals surface area contributed by atoms with Crippen LogP contribution < -0.4 is 4.74 Å². The monoisotopic (exact) mass is 267 g/mol. The molecule has 0 radical (unpaired) electrons. The van der Waals surface area contributed by atoms with Gasteiger partial charge >= 0.3 is 5.97 Å². The van der Waals surface area contributed by atoms with E-state index in [9.17, 15) is 4.79 Å². The van der Waals surface area contributed by atoms with Gasteiger partial charge in [-0.3, -0.25) is 4.79 Å². The third-order valence-electron chi connectivity index (χ3n) is 3.03. The van der Waals surface area contributed by atoms with E-state index in [0.29, 0.717) is 6.61 Å². The number of aromatic nitrogens is 1. The summed E-state index contributed by atoms with van der Waals surface area (Å²) in [4.78, 5) is 15.1. The smallest absolute Gasteiger partial charge is 0.303 e. The SMILES string of the molecule is CCOc1cccnc1SCC1(CC(=O)O)CC1. The Morgan fingerprint density at radius 1 is 1.61 bits per heavy atom. The average molecular weight is 267 g/mol. The molecule has 0 spiro atoms. The number of rotatable bonds is 7. The molecule has 1 aliphatic carbocycles. The third-order valence-corrected chi connectivity index (χ3v) is 4.37. The number of carbonyl (C=O) groups is 1. The van der Waals surface area contributed by atoms with Crippen molar-refractivity contribution < 1.29 is 14.6 Å². The molecule has 98 valence electrons. The van der Waals surface area contributed by atoms with Gasteiger partial charge in [-0.2, -0.15) is 0 Å². The van der Waals surface area contributed by atoms with E-state index >= 15 is 0 Å². The van der Waals surface area contributed by atoms with Crippen molar-refractivity contribution in [1.82, 2.24) is 4.98 Å². The largest absolute Gasteiger partial charge is 0.491 e. The molecule has 5 heteroatoms. The van der Waals surface area contributed by atoms with Crippen LogP contribution in [0.2, 0.25) is 0 Å². The predicted octanol–water partition coefficient (Wildman–Crippen LogP) is 2.83. The maximum absolute atomic E-state index is 10.8. The molecule has 0 bridgehead atoms. The zero-order valence-electron chi connectivity index (χ0n) is 10.4. The molecule has 2 rings (SSSR count). The summed E-state index contributed by atoms with van der Waals surface area (Å²) in [6, 6.07) is 3.74. The van der Waals surface area contributed by atoms with Gasteiger partial charge in [0.2, 0.25) is 0 Å². The van der Waals surface area contributed by atoms with Gasteiger partial charge in [0.25, 0.3) is 0 Å².